The van der Waals surface area contributed by atoms with Gasteiger partial charge < -0.3 is 4.74 Å². The van der Waals surface area contributed by atoms with Crippen LogP contribution >= 0.6 is 0 Å². The van der Waals surface area contributed by atoms with Crippen LogP contribution in [-0.4, -0.2) is 17.9 Å². The first-order chi connectivity index (χ1) is 11.5. The van der Waals surface area contributed by atoms with E-state index in [0.717, 1.165) is 5.56 Å². The summed E-state index contributed by atoms with van der Waals surface area (Å²) in [4.78, 5) is 23.5. The predicted octanol–water partition coefficient (Wildman–Crippen LogP) is 2.45. The summed E-state index contributed by atoms with van der Waals surface area (Å²) in [5, 5.41) is 0. The molecule has 5 nitrogen and oxygen atoms in total. The zero-order valence-electron chi connectivity index (χ0n) is 13.0. The van der Waals surface area contributed by atoms with Crippen LogP contribution in [0, 0.1) is 5.82 Å². The zero-order valence-corrected chi connectivity index (χ0v) is 13.0. The van der Waals surface area contributed by atoms with Crippen molar-refractivity contribution >= 4 is 17.9 Å². The Labute approximate surface area is 139 Å². The lowest BCUT2D eigenvalue weighted by molar-refractivity contribution is -0.131. The third-order valence-corrected chi connectivity index (χ3v) is 3.03. The Morgan fingerprint density at radius 1 is 1.04 bits per heavy atom. The lowest BCUT2D eigenvalue weighted by Gasteiger charge is -2.14. The third-order valence-electron chi connectivity index (χ3n) is 3.03. The smallest absolute Gasteiger partial charge is 0.279 e. The van der Waals surface area contributed by atoms with Gasteiger partial charge in [-0.25, -0.2) is 4.39 Å². The summed E-state index contributed by atoms with van der Waals surface area (Å²) in [6, 6.07) is 14.6. The Kier molecular flexibility index (Phi) is 6.08. The fourth-order valence-corrected chi connectivity index (χ4v) is 1.77. The number of carbonyl (C=O) groups excluding carboxylic acids is 2. The first-order valence-electron chi connectivity index (χ1n) is 7.30. The minimum absolute atomic E-state index is 0.356. The molecule has 2 rings (SSSR count). The fourth-order valence-electron chi connectivity index (χ4n) is 1.77. The summed E-state index contributed by atoms with van der Waals surface area (Å²) < 4.78 is 18.1. The van der Waals surface area contributed by atoms with Crippen LogP contribution in [0.1, 0.15) is 12.5 Å². The number of benzene rings is 2. The van der Waals surface area contributed by atoms with Gasteiger partial charge in [-0.15, -0.1) is 0 Å². The van der Waals surface area contributed by atoms with Crippen LogP contribution in [-0.2, 0) is 9.59 Å². The SMILES string of the molecule is CC(Oc1ccc(F)cc1)C(=O)NNC(=O)/C=C/c1ccccc1. The number of rotatable bonds is 5. The molecule has 1 atom stereocenters. The molecule has 0 spiro atoms. The van der Waals surface area contributed by atoms with Crippen molar-refractivity contribution in [2.75, 3.05) is 0 Å². The van der Waals surface area contributed by atoms with Crippen LogP contribution in [0.4, 0.5) is 4.39 Å². The van der Waals surface area contributed by atoms with Gasteiger partial charge >= 0.3 is 0 Å². The van der Waals surface area contributed by atoms with Gasteiger partial charge in [0, 0.05) is 6.08 Å². The standard InChI is InChI=1S/C18H17FN2O3/c1-13(24-16-10-8-15(19)9-11-16)18(23)21-20-17(22)12-7-14-5-3-2-4-6-14/h2-13H,1H3,(H,20,22)(H,21,23)/b12-7+. The Balaban J connectivity index is 1.78. The van der Waals surface area contributed by atoms with E-state index in [-0.39, 0.29) is 0 Å². The Hall–Kier alpha value is -3.15. The number of ether oxygens (including phenoxy) is 1. The fraction of sp³-hybridized carbons (Fsp3) is 0.111. The molecule has 0 aliphatic rings. The molecule has 6 heteroatoms. The van der Waals surface area contributed by atoms with E-state index in [1.807, 2.05) is 30.3 Å². The topological polar surface area (TPSA) is 67.4 Å². The van der Waals surface area contributed by atoms with Crippen molar-refractivity contribution in [3.8, 4) is 5.75 Å². The molecule has 2 aromatic rings. The van der Waals surface area contributed by atoms with Gasteiger partial charge in [-0.2, -0.15) is 0 Å². The number of nitrogens with one attached hydrogen (secondary N) is 2. The van der Waals surface area contributed by atoms with Gasteiger partial charge in [-0.05, 0) is 42.8 Å². The Bertz CT molecular complexity index is 715. The Morgan fingerprint density at radius 3 is 2.38 bits per heavy atom. The molecule has 2 N–H and O–H groups in total. The number of carbonyl (C=O) groups is 2. The minimum atomic E-state index is -0.853. The van der Waals surface area contributed by atoms with E-state index in [4.69, 9.17) is 4.74 Å². The average Bonchev–Trinajstić information content (AvgIpc) is 2.60. The summed E-state index contributed by atoms with van der Waals surface area (Å²) in [6.45, 7) is 1.52. The molecule has 0 radical (unpaired) electrons. The van der Waals surface area contributed by atoms with Gasteiger partial charge in [0.05, 0.1) is 0 Å². The first kappa shape index (κ1) is 17.2. The van der Waals surface area contributed by atoms with E-state index in [0.29, 0.717) is 5.75 Å². The maximum atomic E-state index is 12.8. The summed E-state index contributed by atoms with van der Waals surface area (Å²) >= 11 is 0. The van der Waals surface area contributed by atoms with Crippen LogP contribution < -0.4 is 15.6 Å². The van der Waals surface area contributed by atoms with Crippen molar-refractivity contribution in [2.45, 2.75) is 13.0 Å². The second-order valence-corrected chi connectivity index (χ2v) is 4.94. The molecule has 2 amide bonds. The van der Waals surface area contributed by atoms with Gasteiger partial charge in [0.1, 0.15) is 11.6 Å². The normalized spacial score (nSPS) is 11.8. The lowest BCUT2D eigenvalue weighted by atomic mass is 10.2. The number of hydrogen-bond acceptors (Lipinski definition) is 3. The highest BCUT2D eigenvalue weighted by Gasteiger charge is 2.14. The summed E-state index contributed by atoms with van der Waals surface area (Å²) in [6.07, 6.45) is 2.08. The average molecular weight is 328 g/mol. The molecule has 0 aromatic heterocycles. The van der Waals surface area contributed by atoms with Crippen molar-refractivity contribution in [1.82, 2.24) is 10.9 Å². The third kappa shape index (κ3) is 5.57. The van der Waals surface area contributed by atoms with Crippen molar-refractivity contribution in [1.29, 1.82) is 0 Å². The second-order valence-electron chi connectivity index (χ2n) is 4.94. The van der Waals surface area contributed by atoms with Crippen LogP contribution in [0.2, 0.25) is 0 Å². The first-order valence-corrected chi connectivity index (χ1v) is 7.30. The van der Waals surface area contributed by atoms with Crippen molar-refractivity contribution in [3.05, 3.63) is 72.1 Å². The highest BCUT2D eigenvalue weighted by molar-refractivity contribution is 5.93. The molecule has 124 valence electrons. The monoisotopic (exact) mass is 328 g/mol. The molecule has 2 aromatic carbocycles. The highest BCUT2D eigenvalue weighted by atomic mass is 19.1. The predicted molar refractivity (Wildman–Crippen MR) is 88.3 cm³/mol. The van der Waals surface area contributed by atoms with Gasteiger partial charge in [-0.1, -0.05) is 30.3 Å². The minimum Gasteiger partial charge on any atom is -0.481 e. The maximum absolute atomic E-state index is 12.8. The van der Waals surface area contributed by atoms with Crippen LogP contribution in [0.15, 0.2) is 60.7 Å². The molecule has 0 heterocycles. The molecule has 24 heavy (non-hydrogen) atoms. The summed E-state index contributed by atoms with van der Waals surface area (Å²) in [7, 11) is 0. The second kappa shape index (κ2) is 8.47. The van der Waals surface area contributed by atoms with Gasteiger partial charge in [0.25, 0.3) is 11.8 Å². The molecule has 1 unspecified atom stereocenters. The van der Waals surface area contributed by atoms with Crippen LogP contribution in [0.3, 0.4) is 0 Å². The van der Waals surface area contributed by atoms with Gasteiger partial charge in [0.15, 0.2) is 6.10 Å². The van der Waals surface area contributed by atoms with E-state index in [1.165, 1.54) is 37.3 Å². The zero-order chi connectivity index (χ0) is 17.4. The molecular weight excluding hydrogens is 311 g/mol. The number of amides is 2. The van der Waals surface area contributed by atoms with Crippen molar-refractivity contribution in [2.24, 2.45) is 0 Å². The lowest BCUT2D eigenvalue weighted by Crippen LogP contribution is -2.46. The molecule has 0 saturated heterocycles. The molecule has 0 aliphatic carbocycles. The Morgan fingerprint density at radius 2 is 1.71 bits per heavy atom. The maximum Gasteiger partial charge on any atom is 0.279 e. The molecule has 0 aliphatic heterocycles. The largest absolute Gasteiger partial charge is 0.481 e. The van der Waals surface area contributed by atoms with Gasteiger partial charge in [0.2, 0.25) is 0 Å². The number of hydrazine groups is 1. The molecular formula is C18H17FN2O3. The van der Waals surface area contributed by atoms with Crippen LogP contribution in [0.5, 0.6) is 5.75 Å². The van der Waals surface area contributed by atoms with E-state index < -0.39 is 23.7 Å². The van der Waals surface area contributed by atoms with E-state index in [1.54, 1.807) is 6.08 Å². The molecule has 0 saturated carbocycles. The highest BCUT2D eigenvalue weighted by Crippen LogP contribution is 2.12. The summed E-state index contributed by atoms with van der Waals surface area (Å²) in [5.41, 5.74) is 5.39. The van der Waals surface area contributed by atoms with E-state index >= 15 is 0 Å². The van der Waals surface area contributed by atoms with E-state index in [9.17, 15) is 14.0 Å². The molecule has 0 bridgehead atoms. The number of hydrogen-bond donors (Lipinski definition) is 2. The van der Waals surface area contributed by atoms with Crippen molar-refractivity contribution < 1.29 is 18.7 Å². The molecule has 0 fully saturated rings. The van der Waals surface area contributed by atoms with Crippen LogP contribution in [0.25, 0.3) is 6.08 Å². The summed E-state index contributed by atoms with van der Waals surface area (Å²) in [5.74, 6) is -1.03. The van der Waals surface area contributed by atoms with Gasteiger partial charge in [-0.3, -0.25) is 20.4 Å². The van der Waals surface area contributed by atoms with Crippen molar-refractivity contribution in [3.63, 3.8) is 0 Å². The quantitative estimate of drug-likeness (QED) is 0.654. The number of halogens is 1. The van der Waals surface area contributed by atoms with E-state index in [2.05, 4.69) is 10.9 Å².